The van der Waals surface area contributed by atoms with Crippen LogP contribution in [0.2, 0.25) is 5.02 Å². The molecule has 1 N–H and O–H groups in total. The third kappa shape index (κ3) is 2.66. The number of carbonyl (C=O) groups is 1. The third-order valence-electron chi connectivity index (χ3n) is 3.02. The van der Waals surface area contributed by atoms with Crippen molar-refractivity contribution < 1.29 is 14.3 Å². The van der Waals surface area contributed by atoms with Gasteiger partial charge in [0.15, 0.2) is 0 Å². The molecule has 0 aliphatic rings. The predicted octanol–water partition coefficient (Wildman–Crippen LogP) is 2.82. The average molecular weight is 319 g/mol. The second kappa shape index (κ2) is 5.53. The van der Waals surface area contributed by atoms with Crippen LogP contribution in [0.4, 0.5) is 4.39 Å². The molecule has 22 heavy (non-hydrogen) atoms. The molecule has 0 unspecified atom stereocenters. The van der Waals surface area contributed by atoms with Crippen LogP contribution < -0.4 is 0 Å². The lowest BCUT2D eigenvalue weighted by molar-refractivity contribution is 0.0697. The summed E-state index contributed by atoms with van der Waals surface area (Å²) in [5.41, 5.74) is 1.04. The van der Waals surface area contributed by atoms with Gasteiger partial charge in [0.2, 0.25) is 0 Å². The van der Waals surface area contributed by atoms with Crippen molar-refractivity contribution in [3.8, 4) is 16.8 Å². The number of nitrogens with zero attached hydrogens (tertiary/aromatic N) is 4. The van der Waals surface area contributed by atoms with Crippen molar-refractivity contribution in [2.24, 2.45) is 0 Å². The zero-order valence-corrected chi connectivity index (χ0v) is 11.7. The van der Waals surface area contributed by atoms with E-state index >= 15 is 0 Å². The fourth-order valence-electron chi connectivity index (χ4n) is 2.03. The van der Waals surface area contributed by atoms with E-state index in [2.05, 4.69) is 15.5 Å². The summed E-state index contributed by atoms with van der Waals surface area (Å²) in [5.74, 6) is -1.68. The van der Waals surface area contributed by atoms with Gasteiger partial charge in [-0.15, -0.1) is 5.10 Å². The Kier molecular flexibility index (Phi) is 3.56. The van der Waals surface area contributed by atoms with Crippen LogP contribution in [0.1, 0.15) is 10.4 Å². The Balaban J connectivity index is 2.20. The first-order valence-corrected chi connectivity index (χ1v) is 6.49. The Hall–Kier alpha value is -2.80. The quantitative estimate of drug-likeness (QED) is 0.803. The highest BCUT2D eigenvalue weighted by molar-refractivity contribution is 6.30. The second-order valence-corrected chi connectivity index (χ2v) is 4.89. The lowest BCUT2D eigenvalue weighted by atomic mass is 10.0. The molecule has 0 aliphatic carbocycles. The number of hydrogen-bond acceptors (Lipinski definition) is 4. The molecular weight excluding hydrogens is 311 g/mol. The summed E-state index contributed by atoms with van der Waals surface area (Å²) in [4.78, 5) is 11.3. The van der Waals surface area contributed by atoms with E-state index in [1.807, 2.05) is 0 Å². The maximum atomic E-state index is 14.1. The topological polar surface area (TPSA) is 80.9 Å². The van der Waals surface area contributed by atoms with Crippen molar-refractivity contribution in [3.63, 3.8) is 0 Å². The van der Waals surface area contributed by atoms with Crippen LogP contribution in [0.15, 0.2) is 42.7 Å². The average Bonchev–Trinajstić information content (AvgIpc) is 3.01. The molecule has 0 fully saturated rings. The summed E-state index contributed by atoms with van der Waals surface area (Å²) in [7, 11) is 0. The van der Waals surface area contributed by atoms with E-state index in [0.717, 1.165) is 0 Å². The minimum absolute atomic E-state index is 0.00245. The molecule has 0 radical (unpaired) electrons. The lowest BCUT2D eigenvalue weighted by Crippen LogP contribution is -2.02. The van der Waals surface area contributed by atoms with Crippen LogP contribution >= 0.6 is 11.6 Å². The summed E-state index contributed by atoms with van der Waals surface area (Å²) in [6.45, 7) is 0. The van der Waals surface area contributed by atoms with Crippen molar-refractivity contribution in [2.45, 2.75) is 0 Å². The Bertz CT molecular complexity index is 852. The van der Waals surface area contributed by atoms with Gasteiger partial charge in [-0.25, -0.2) is 13.9 Å². The molecule has 6 nitrogen and oxygen atoms in total. The van der Waals surface area contributed by atoms with Crippen LogP contribution in [-0.2, 0) is 0 Å². The molecule has 0 bridgehead atoms. The summed E-state index contributed by atoms with van der Waals surface area (Å²) >= 11 is 5.73. The van der Waals surface area contributed by atoms with Gasteiger partial charge in [-0.05, 0) is 52.4 Å². The maximum Gasteiger partial charge on any atom is 0.335 e. The Morgan fingerprint density at radius 2 is 2.05 bits per heavy atom. The van der Waals surface area contributed by atoms with Crippen LogP contribution in [0.25, 0.3) is 16.8 Å². The van der Waals surface area contributed by atoms with Gasteiger partial charge >= 0.3 is 5.97 Å². The molecule has 0 amide bonds. The van der Waals surface area contributed by atoms with E-state index < -0.39 is 11.8 Å². The molecule has 0 atom stereocenters. The van der Waals surface area contributed by atoms with Crippen molar-refractivity contribution in [1.29, 1.82) is 0 Å². The SMILES string of the molecule is O=C(O)c1cc(-c2ccc(Cl)cc2F)cc(-n2cnnn2)c1. The minimum Gasteiger partial charge on any atom is -0.478 e. The highest BCUT2D eigenvalue weighted by Gasteiger charge is 2.13. The van der Waals surface area contributed by atoms with E-state index in [4.69, 9.17) is 11.6 Å². The molecule has 1 heterocycles. The van der Waals surface area contributed by atoms with Gasteiger partial charge in [-0.3, -0.25) is 0 Å². The van der Waals surface area contributed by atoms with Crippen molar-refractivity contribution >= 4 is 17.6 Å². The minimum atomic E-state index is -1.13. The molecular formula is C14H8ClFN4O2. The largest absolute Gasteiger partial charge is 0.478 e. The van der Waals surface area contributed by atoms with Gasteiger partial charge < -0.3 is 5.11 Å². The molecule has 110 valence electrons. The highest BCUT2D eigenvalue weighted by Crippen LogP contribution is 2.28. The lowest BCUT2D eigenvalue weighted by Gasteiger charge is -2.08. The fraction of sp³-hybridized carbons (Fsp3) is 0. The van der Waals surface area contributed by atoms with Crippen molar-refractivity contribution in [3.05, 3.63) is 59.1 Å². The smallest absolute Gasteiger partial charge is 0.335 e. The molecule has 3 aromatic rings. The molecule has 8 heteroatoms. The molecule has 3 rings (SSSR count). The zero-order chi connectivity index (χ0) is 15.7. The Labute approximate surface area is 128 Å². The summed E-state index contributed by atoms with van der Waals surface area (Å²) in [5, 5.41) is 20.2. The Morgan fingerprint density at radius 3 is 2.68 bits per heavy atom. The van der Waals surface area contributed by atoms with Crippen LogP contribution in [0.3, 0.4) is 0 Å². The van der Waals surface area contributed by atoms with Crippen molar-refractivity contribution in [2.75, 3.05) is 0 Å². The number of carboxylic acid groups (broad SMARTS) is 1. The van der Waals surface area contributed by atoms with Crippen molar-refractivity contribution in [1.82, 2.24) is 20.2 Å². The molecule has 0 aliphatic heterocycles. The first-order chi connectivity index (χ1) is 10.5. The van der Waals surface area contributed by atoms with E-state index in [-0.39, 0.29) is 16.1 Å². The van der Waals surface area contributed by atoms with E-state index in [1.165, 1.54) is 41.3 Å². The molecule has 0 spiro atoms. The monoisotopic (exact) mass is 318 g/mol. The maximum absolute atomic E-state index is 14.1. The number of hydrogen-bond donors (Lipinski definition) is 1. The predicted molar refractivity (Wildman–Crippen MR) is 76.5 cm³/mol. The number of halogens is 2. The van der Waals surface area contributed by atoms with E-state index in [0.29, 0.717) is 11.3 Å². The third-order valence-corrected chi connectivity index (χ3v) is 3.26. The number of aromatic carboxylic acids is 1. The van der Waals surface area contributed by atoms with Gasteiger partial charge in [0.05, 0.1) is 11.3 Å². The van der Waals surface area contributed by atoms with Gasteiger partial charge in [-0.2, -0.15) is 0 Å². The number of aromatic nitrogens is 4. The number of carboxylic acids is 1. The number of benzene rings is 2. The van der Waals surface area contributed by atoms with Gasteiger partial charge in [0, 0.05) is 10.6 Å². The second-order valence-electron chi connectivity index (χ2n) is 4.45. The number of tetrazole rings is 1. The van der Waals surface area contributed by atoms with Crippen LogP contribution in [0.5, 0.6) is 0 Å². The number of rotatable bonds is 3. The first-order valence-electron chi connectivity index (χ1n) is 6.12. The fourth-order valence-corrected chi connectivity index (χ4v) is 2.18. The zero-order valence-electron chi connectivity index (χ0n) is 10.9. The first kappa shape index (κ1) is 14.2. The van der Waals surface area contributed by atoms with E-state index in [1.54, 1.807) is 6.07 Å². The molecule has 0 saturated heterocycles. The van der Waals surface area contributed by atoms with Gasteiger partial charge in [0.1, 0.15) is 12.1 Å². The van der Waals surface area contributed by atoms with Gasteiger partial charge in [-0.1, -0.05) is 11.6 Å². The van der Waals surface area contributed by atoms with Crippen LogP contribution in [-0.4, -0.2) is 31.3 Å². The van der Waals surface area contributed by atoms with Gasteiger partial charge in [0.25, 0.3) is 0 Å². The highest BCUT2D eigenvalue weighted by atomic mass is 35.5. The summed E-state index contributed by atoms with van der Waals surface area (Å²) < 4.78 is 15.4. The van der Waals surface area contributed by atoms with E-state index in [9.17, 15) is 14.3 Å². The molecule has 1 aromatic heterocycles. The molecule has 0 saturated carbocycles. The van der Waals surface area contributed by atoms with Crippen LogP contribution in [0, 0.1) is 5.82 Å². The summed E-state index contributed by atoms with van der Waals surface area (Å²) in [6.07, 6.45) is 1.32. The molecule has 2 aromatic carbocycles. The normalized spacial score (nSPS) is 10.6. The standard InChI is InChI=1S/C14H8ClFN4O2/c15-10-1-2-12(13(16)6-10)8-3-9(14(21)22)5-11(4-8)20-7-17-18-19-20/h1-7H,(H,21,22). The summed E-state index contributed by atoms with van der Waals surface area (Å²) in [6, 6.07) is 8.56. The Morgan fingerprint density at radius 1 is 1.23 bits per heavy atom.